The first-order chi connectivity index (χ1) is 12.7. The van der Waals surface area contributed by atoms with Crippen molar-refractivity contribution in [3.8, 4) is 5.75 Å². The second kappa shape index (κ2) is 9.05. The lowest BCUT2D eigenvalue weighted by atomic mass is 9.86. The summed E-state index contributed by atoms with van der Waals surface area (Å²) in [7, 11) is 4.06. The Morgan fingerprint density at radius 2 is 1.70 bits per heavy atom. The lowest BCUT2D eigenvalue weighted by Crippen LogP contribution is -2.34. The SMILES string of the molecule is CCOc1ccccc1C(=O)NCC(c1ccc(C(C)(C)C)cc1)N(C)C. The molecular formula is C23H32N2O2. The molecular weight excluding hydrogens is 336 g/mol. The Morgan fingerprint density at radius 3 is 2.26 bits per heavy atom. The van der Waals surface area contributed by atoms with E-state index in [4.69, 9.17) is 4.74 Å². The minimum Gasteiger partial charge on any atom is -0.493 e. The van der Waals surface area contributed by atoms with Crippen LogP contribution in [0.15, 0.2) is 48.5 Å². The number of carbonyl (C=O) groups is 1. The van der Waals surface area contributed by atoms with Gasteiger partial charge in [-0.15, -0.1) is 0 Å². The highest BCUT2D eigenvalue weighted by Crippen LogP contribution is 2.25. The first kappa shape index (κ1) is 21.0. The summed E-state index contributed by atoms with van der Waals surface area (Å²) < 4.78 is 5.57. The van der Waals surface area contributed by atoms with E-state index < -0.39 is 0 Å². The highest BCUT2D eigenvalue weighted by molar-refractivity contribution is 5.96. The van der Waals surface area contributed by atoms with E-state index in [9.17, 15) is 4.79 Å². The fraction of sp³-hybridized carbons (Fsp3) is 0.435. The lowest BCUT2D eigenvalue weighted by molar-refractivity contribution is 0.0938. The number of rotatable bonds is 7. The lowest BCUT2D eigenvalue weighted by Gasteiger charge is -2.26. The van der Waals surface area contributed by atoms with Crippen LogP contribution in [0.4, 0.5) is 0 Å². The van der Waals surface area contributed by atoms with Gasteiger partial charge in [0.2, 0.25) is 0 Å². The molecule has 1 unspecified atom stereocenters. The van der Waals surface area contributed by atoms with Crippen molar-refractivity contribution in [2.45, 2.75) is 39.2 Å². The van der Waals surface area contributed by atoms with E-state index in [1.54, 1.807) is 6.07 Å². The van der Waals surface area contributed by atoms with Crippen LogP contribution in [-0.2, 0) is 5.41 Å². The molecule has 0 aliphatic rings. The van der Waals surface area contributed by atoms with Gasteiger partial charge in [-0.05, 0) is 49.7 Å². The van der Waals surface area contributed by atoms with Gasteiger partial charge in [-0.1, -0.05) is 57.2 Å². The van der Waals surface area contributed by atoms with Crippen molar-refractivity contribution in [1.29, 1.82) is 0 Å². The van der Waals surface area contributed by atoms with E-state index in [0.29, 0.717) is 24.5 Å². The monoisotopic (exact) mass is 368 g/mol. The first-order valence-electron chi connectivity index (χ1n) is 9.51. The summed E-state index contributed by atoms with van der Waals surface area (Å²) in [6.45, 7) is 9.61. The van der Waals surface area contributed by atoms with Crippen LogP contribution >= 0.6 is 0 Å². The van der Waals surface area contributed by atoms with Crippen molar-refractivity contribution in [2.75, 3.05) is 27.2 Å². The zero-order valence-corrected chi connectivity index (χ0v) is 17.4. The summed E-state index contributed by atoms with van der Waals surface area (Å²) in [6.07, 6.45) is 0. The van der Waals surface area contributed by atoms with E-state index in [2.05, 4.69) is 55.3 Å². The van der Waals surface area contributed by atoms with Crippen LogP contribution in [-0.4, -0.2) is 38.1 Å². The standard InChI is InChI=1S/C23H32N2O2/c1-7-27-21-11-9-8-10-19(21)22(26)24-16-20(25(5)6)17-12-14-18(15-13-17)23(2,3)4/h8-15,20H,7,16H2,1-6H3,(H,24,26). The quantitative estimate of drug-likeness (QED) is 0.787. The average molecular weight is 369 g/mol. The average Bonchev–Trinajstić information content (AvgIpc) is 2.62. The van der Waals surface area contributed by atoms with Crippen LogP contribution in [0.1, 0.15) is 55.2 Å². The van der Waals surface area contributed by atoms with Crippen LogP contribution in [0.2, 0.25) is 0 Å². The Balaban J connectivity index is 2.12. The number of carbonyl (C=O) groups excluding carboxylic acids is 1. The fourth-order valence-corrected chi connectivity index (χ4v) is 3.02. The molecule has 0 radical (unpaired) electrons. The van der Waals surface area contributed by atoms with E-state index in [0.717, 1.165) is 0 Å². The van der Waals surface area contributed by atoms with Gasteiger partial charge < -0.3 is 15.0 Å². The smallest absolute Gasteiger partial charge is 0.255 e. The summed E-state index contributed by atoms with van der Waals surface area (Å²) >= 11 is 0. The number of benzene rings is 2. The van der Waals surface area contributed by atoms with E-state index in [-0.39, 0.29) is 17.4 Å². The van der Waals surface area contributed by atoms with Crippen LogP contribution < -0.4 is 10.1 Å². The number of likely N-dealkylation sites (N-methyl/N-ethyl adjacent to an activating group) is 1. The molecule has 27 heavy (non-hydrogen) atoms. The zero-order valence-electron chi connectivity index (χ0n) is 17.4. The number of ether oxygens (including phenoxy) is 1. The highest BCUT2D eigenvalue weighted by atomic mass is 16.5. The van der Waals surface area contributed by atoms with Gasteiger partial charge in [0.15, 0.2) is 0 Å². The Kier molecular flexibility index (Phi) is 7.03. The predicted octanol–water partition coefficient (Wildman–Crippen LogP) is 4.42. The Labute approximate surface area is 163 Å². The van der Waals surface area contributed by atoms with Crippen molar-refractivity contribution < 1.29 is 9.53 Å². The third kappa shape index (κ3) is 5.57. The maximum Gasteiger partial charge on any atom is 0.255 e. The Hall–Kier alpha value is -2.33. The van der Waals surface area contributed by atoms with Gasteiger partial charge in [-0.2, -0.15) is 0 Å². The largest absolute Gasteiger partial charge is 0.493 e. The zero-order chi connectivity index (χ0) is 20.0. The molecule has 146 valence electrons. The van der Waals surface area contributed by atoms with Crippen molar-refractivity contribution >= 4 is 5.91 Å². The predicted molar refractivity (Wildman–Crippen MR) is 112 cm³/mol. The molecule has 0 bridgehead atoms. The molecule has 1 amide bonds. The molecule has 0 aliphatic heterocycles. The van der Waals surface area contributed by atoms with Gasteiger partial charge in [0.25, 0.3) is 5.91 Å². The van der Waals surface area contributed by atoms with Crippen molar-refractivity contribution in [2.24, 2.45) is 0 Å². The van der Waals surface area contributed by atoms with Gasteiger partial charge in [0.1, 0.15) is 5.75 Å². The molecule has 4 heteroatoms. The molecule has 2 rings (SSSR count). The first-order valence-corrected chi connectivity index (χ1v) is 9.51. The van der Waals surface area contributed by atoms with Crippen LogP contribution in [0, 0.1) is 0 Å². The third-order valence-electron chi connectivity index (χ3n) is 4.67. The Bertz CT molecular complexity index is 746. The van der Waals surface area contributed by atoms with Crippen LogP contribution in [0.5, 0.6) is 5.75 Å². The van der Waals surface area contributed by atoms with Gasteiger partial charge >= 0.3 is 0 Å². The van der Waals surface area contributed by atoms with Crippen molar-refractivity contribution in [3.63, 3.8) is 0 Å². The molecule has 1 N–H and O–H groups in total. The topological polar surface area (TPSA) is 41.6 Å². The maximum absolute atomic E-state index is 12.7. The van der Waals surface area contributed by atoms with E-state index in [1.165, 1.54) is 11.1 Å². The summed E-state index contributed by atoms with van der Waals surface area (Å²) in [4.78, 5) is 14.8. The second-order valence-electron chi connectivity index (χ2n) is 7.99. The third-order valence-corrected chi connectivity index (χ3v) is 4.67. The number of nitrogens with one attached hydrogen (secondary N) is 1. The molecule has 0 saturated carbocycles. The van der Waals surface area contributed by atoms with E-state index in [1.807, 2.05) is 39.2 Å². The maximum atomic E-state index is 12.7. The molecule has 0 spiro atoms. The highest BCUT2D eigenvalue weighted by Gasteiger charge is 2.19. The summed E-state index contributed by atoms with van der Waals surface area (Å²) in [5.74, 6) is 0.505. The fourth-order valence-electron chi connectivity index (χ4n) is 3.02. The molecule has 1 atom stereocenters. The molecule has 0 aliphatic carbocycles. The van der Waals surface area contributed by atoms with Crippen LogP contribution in [0.3, 0.4) is 0 Å². The minimum absolute atomic E-state index is 0.0993. The molecule has 4 nitrogen and oxygen atoms in total. The molecule has 0 saturated heterocycles. The molecule has 0 heterocycles. The number of hydrogen-bond acceptors (Lipinski definition) is 3. The number of hydrogen-bond donors (Lipinski definition) is 1. The van der Waals surface area contributed by atoms with Gasteiger partial charge in [0.05, 0.1) is 18.2 Å². The normalized spacial score (nSPS) is 12.7. The van der Waals surface area contributed by atoms with Gasteiger partial charge in [-0.25, -0.2) is 0 Å². The summed E-state index contributed by atoms with van der Waals surface area (Å²) in [5, 5.41) is 3.06. The van der Waals surface area contributed by atoms with Gasteiger partial charge in [0, 0.05) is 6.54 Å². The number of nitrogens with zero attached hydrogens (tertiary/aromatic N) is 1. The van der Waals surface area contributed by atoms with Crippen molar-refractivity contribution in [3.05, 3.63) is 65.2 Å². The Morgan fingerprint density at radius 1 is 1.07 bits per heavy atom. The summed E-state index contributed by atoms with van der Waals surface area (Å²) in [6, 6.07) is 16.1. The minimum atomic E-state index is -0.114. The van der Waals surface area contributed by atoms with Gasteiger partial charge in [-0.3, -0.25) is 4.79 Å². The van der Waals surface area contributed by atoms with Crippen LogP contribution in [0.25, 0.3) is 0 Å². The van der Waals surface area contributed by atoms with Crippen molar-refractivity contribution in [1.82, 2.24) is 10.2 Å². The number of para-hydroxylation sites is 1. The summed E-state index contributed by atoms with van der Waals surface area (Å²) in [5.41, 5.74) is 3.19. The second-order valence-corrected chi connectivity index (χ2v) is 7.99. The molecule has 2 aromatic carbocycles. The molecule has 2 aromatic rings. The molecule has 0 fully saturated rings. The molecule has 0 aromatic heterocycles. The number of amides is 1. The van der Waals surface area contributed by atoms with E-state index >= 15 is 0 Å².